The van der Waals surface area contributed by atoms with Crippen LogP contribution in [0.3, 0.4) is 0 Å². The highest BCUT2D eigenvalue weighted by Crippen LogP contribution is 2.23. The molecule has 0 atom stereocenters. The highest BCUT2D eigenvalue weighted by Gasteiger charge is 2.22. The predicted molar refractivity (Wildman–Crippen MR) is 75.4 cm³/mol. The molecule has 21 heavy (non-hydrogen) atoms. The lowest BCUT2D eigenvalue weighted by atomic mass is 9.96. The Labute approximate surface area is 121 Å². The van der Waals surface area contributed by atoms with Gasteiger partial charge >= 0.3 is 0 Å². The smallest absolute Gasteiger partial charge is 0.253 e. The molecule has 2 aromatic heterocycles. The van der Waals surface area contributed by atoms with Crippen LogP contribution in [0, 0.1) is 11.7 Å². The van der Waals surface area contributed by atoms with Crippen LogP contribution >= 0.6 is 0 Å². The maximum absolute atomic E-state index is 13.7. The van der Waals surface area contributed by atoms with Crippen LogP contribution in [0.1, 0.15) is 12.8 Å². The zero-order valence-corrected chi connectivity index (χ0v) is 11.5. The molecule has 0 aromatic carbocycles. The summed E-state index contributed by atoms with van der Waals surface area (Å²) >= 11 is 0. The first-order valence-electron chi connectivity index (χ1n) is 6.95. The van der Waals surface area contributed by atoms with E-state index < -0.39 is 0 Å². The number of halogens is 1. The molecule has 1 aliphatic heterocycles. The molecule has 0 radical (unpaired) electrons. The van der Waals surface area contributed by atoms with Gasteiger partial charge in [-0.3, -0.25) is 9.36 Å². The maximum atomic E-state index is 13.7. The van der Waals surface area contributed by atoms with Gasteiger partial charge in [-0.2, -0.15) is 0 Å². The van der Waals surface area contributed by atoms with Crippen molar-refractivity contribution in [1.82, 2.24) is 19.5 Å². The Morgan fingerprint density at radius 2 is 2.10 bits per heavy atom. The molecule has 6 nitrogen and oxygen atoms in total. The van der Waals surface area contributed by atoms with Gasteiger partial charge in [0.05, 0.1) is 12.5 Å². The number of piperidine rings is 1. The first-order valence-corrected chi connectivity index (χ1v) is 6.95. The third kappa shape index (κ3) is 3.07. The van der Waals surface area contributed by atoms with E-state index in [-0.39, 0.29) is 11.4 Å². The summed E-state index contributed by atoms with van der Waals surface area (Å²) in [5.74, 6) is 0.370. The molecule has 0 amide bonds. The summed E-state index contributed by atoms with van der Waals surface area (Å²) in [5.41, 5.74) is -0.0331. The molecule has 3 rings (SSSR count). The lowest BCUT2D eigenvalue weighted by Crippen LogP contribution is -2.37. The van der Waals surface area contributed by atoms with Gasteiger partial charge in [0.1, 0.15) is 6.33 Å². The zero-order valence-electron chi connectivity index (χ0n) is 11.5. The Morgan fingerprint density at radius 1 is 1.29 bits per heavy atom. The van der Waals surface area contributed by atoms with Gasteiger partial charge in [-0.1, -0.05) is 0 Å². The molecule has 0 unspecified atom stereocenters. The van der Waals surface area contributed by atoms with Crippen LogP contribution in [0.2, 0.25) is 0 Å². The van der Waals surface area contributed by atoms with E-state index in [4.69, 9.17) is 0 Å². The standard InChI is InChI=1S/C14H16FN5O/c15-12-7-17-9-18-14(12)19-5-2-11(3-6-19)8-20-10-16-4-1-13(20)21/h1,4,7,9-11H,2-3,5-6,8H2. The van der Waals surface area contributed by atoms with Crippen LogP contribution in [-0.4, -0.2) is 32.6 Å². The van der Waals surface area contributed by atoms with Crippen molar-refractivity contribution in [2.45, 2.75) is 19.4 Å². The fourth-order valence-electron chi connectivity index (χ4n) is 2.66. The van der Waals surface area contributed by atoms with E-state index in [0.29, 0.717) is 18.3 Å². The van der Waals surface area contributed by atoms with Crippen LogP contribution in [0.4, 0.5) is 10.2 Å². The summed E-state index contributed by atoms with van der Waals surface area (Å²) in [6, 6.07) is 1.46. The molecule has 1 aliphatic rings. The van der Waals surface area contributed by atoms with Crippen LogP contribution < -0.4 is 10.5 Å². The maximum Gasteiger partial charge on any atom is 0.253 e. The Kier molecular flexibility index (Phi) is 3.89. The van der Waals surface area contributed by atoms with Gasteiger partial charge in [0.25, 0.3) is 5.56 Å². The third-order valence-corrected chi connectivity index (χ3v) is 3.81. The Bertz CT molecular complexity index is 666. The fraction of sp³-hybridized carbons (Fsp3) is 0.429. The van der Waals surface area contributed by atoms with Crippen molar-refractivity contribution in [3.8, 4) is 0 Å². The van der Waals surface area contributed by atoms with E-state index in [1.54, 1.807) is 10.9 Å². The topological polar surface area (TPSA) is 63.9 Å². The lowest BCUT2D eigenvalue weighted by Gasteiger charge is -2.32. The first-order chi connectivity index (χ1) is 10.2. The molecule has 1 fully saturated rings. The van der Waals surface area contributed by atoms with Crippen LogP contribution in [0.25, 0.3) is 0 Å². The summed E-state index contributed by atoms with van der Waals surface area (Å²) in [5, 5.41) is 0. The van der Waals surface area contributed by atoms with Crippen LogP contribution in [0.5, 0.6) is 0 Å². The highest BCUT2D eigenvalue weighted by molar-refractivity contribution is 5.38. The molecule has 2 aromatic rings. The molecular weight excluding hydrogens is 273 g/mol. The number of nitrogens with zero attached hydrogens (tertiary/aromatic N) is 5. The average molecular weight is 289 g/mol. The highest BCUT2D eigenvalue weighted by atomic mass is 19.1. The quantitative estimate of drug-likeness (QED) is 0.846. The van der Waals surface area contributed by atoms with Crippen molar-refractivity contribution in [3.63, 3.8) is 0 Å². The van der Waals surface area contributed by atoms with E-state index in [1.165, 1.54) is 24.8 Å². The number of anilines is 1. The molecule has 7 heteroatoms. The summed E-state index contributed by atoms with van der Waals surface area (Å²) in [6.07, 6.45) is 7.40. The van der Waals surface area contributed by atoms with Gasteiger partial charge < -0.3 is 4.90 Å². The van der Waals surface area contributed by atoms with Crippen molar-refractivity contribution in [1.29, 1.82) is 0 Å². The van der Waals surface area contributed by atoms with Gasteiger partial charge in [0.15, 0.2) is 11.6 Å². The van der Waals surface area contributed by atoms with Crippen molar-refractivity contribution in [2.24, 2.45) is 5.92 Å². The third-order valence-electron chi connectivity index (χ3n) is 3.81. The molecule has 0 N–H and O–H groups in total. The van der Waals surface area contributed by atoms with Gasteiger partial charge in [0, 0.05) is 31.9 Å². The van der Waals surface area contributed by atoms with Crippen molar-refractivity contribution in [3.05, 3.63) is 47.3 Å². The minimum absolute atomic E-state index is 0.0331. The second-order valence-electron chi connectivity index (χ2n) is 5.20. The molecule has 1 saturated heterocycles. The Hall–Kier alpha value is -2.31. The van der Waals surface area contributed by atoms with E-state index in [1.807, 2.05) is 4.90 Å². The second kappa shape index (κ2) is 5.99. The van der Waals surface area contributed by atoms with Gasteiger partial charge in [-0.05, 0) is 18.8 Å². The first kappa shape index (κ1) is 13.7. The van der Waals surface area contributed by atoms with E-state index >= 15 is 0 Å². The molecule has 0 bridgehead atoms. The van der Waals surface area contributed by atoms with E-state index in [9.17, 15) is 9.18 Å². The molecule has 0 saturated carbocycles. The second-order valence-corrected chi connectivity index (χ2v) is 5.20. The minimum Gasteiger partial charge on any atom is -0.354 e. The van der Waals surface area contributed by atoms with E-state index in [2.05, 4.69) is 15.0 Å². The number of hydrogen-bond donors (Lipinski definition) is 0. The SMILES string of the molecule is O=c1ccncn1CC1CCN(c2ncncc2F)CC1. The zero-order chi connectivity index (χ0) is 14.7. The molecule has 110 valence electrons. The number of hydrogen-bond acceptors (Lipinski definition) is 5. The molecular formula is C14H16FN5O. The predicted octanol–water partition coefficient (Wildman–Crippen LogP) is 1.09. The normalized spacial score (nSPS) is 16.1. The Morgan fingerprint density at radius 3 is 2.81 bits per heavy atom. The van der Waals surface area contributed by atoms with Crippen molar-refractivity contribution in [2.75, 3.05) is 18.0 Å². The van der Waals surface area contributed by atoms with Crippen molar-refractivity contribution < 1.29 is 4.39 Å². The van der Waals surface area contributed by atoms with Crippen LogP contribution in [0.15, 0.2) is 35.9 Å². The summed E-state index contributed by atoms with van der Waals surface area (Å²) < 4.78 is 15.3. The lowest BCUT2D eigenvalue weighted by molar-refractivity contribution is 0.348. The van der Waals surface area contributed by atoms with Gasteiger partial charge in [0.2, 0.25) is 0 Å². The monoisotopic (exact) mass is 289 g/mol. The summed E-state index contributed by atoms with van der Waals surface area (Å²) in [7, 11) is 0. The summed E-state index contributed by atoms with van der Waals surface area (Å²) in [6.45, 7) is 2.12. The van der Waals surface area contributed by atoms with Gasteiger partial charge in [-0.25, -0.2) is 19.3 Å². The van der Waals surface area contributed by atoms with Crippen LogP contribution in [-0.2, 0) is 6.54 Å². The van der Waals surface area contributed by atoms with Gasteiger partial charge in [-0.15, -0.1) is 0 Å². The molecule has 3 heterocycles. The van der Waals surface area contributed by atoms with E-state index in [0.717, 1.165) is 25.9 Å². The summed E-state index contributed by atoms with van der Waals surface area (Å²) in [4.78, 5) is 25.2. The average Bonchev–Trinajstić information content (AvgIpc) is 2.51. The largest absolute Gasteiger partial charge is 0.354 e. The Balaban J connectivity index is 1.62. The molecule has 0 spiro atoms. The number of rotatable bonds is 3. The fourth-order valence-corrected chi connectivity index (χ4v) is 2.66. The van der Waals surface area contributed by atoms with Crippen molar-refractivity contribution >= 4 is 5.82 Å². The minimum atomic E-state index is -0.389. The molecule has 0 aliphatic carbocycles. The number of aromatic nitrogens is 4.